The molecule has 1 aromatic rings. The van der Waals surface area contributed by atoms with Crippen LogP contribution in [0, 0.1) is 3.57 Å². The van der Waals surface area contributed by atoms with Gasteiger partial charge in [0, 0.05) is 13.6 Å². The van der Waals surface area contributed by atoms with Gasteiger partial charge in [0.1, 0.15) is 0 Å². The molecular weight excluding hydrogens is 417 g/mol. The molecule has 18 heavy (non-hydrogen) atoms. The zero-order valence-electron chi connectivity index (χ0n) is 9.33. The summed E-state index contributed by atoms with van der Waals surface area (Å²) in [6.45, 7) is 1.72. The topological polar surface area (TPSA) is 72.5 Å². The van der Waals surface area contributed by atoms with Gasteiger partial charge in [0.2, 0.25) is 0 Å². The van der Waals surface area contributed by atoms with Crippen molar-refractivity contribution in [1.82, 2.24) is 0 Å². The van der Waals surface area contributed by atoms with Crippen molar-refractivity contribution in [2.75, 3.05) is 11.9 Å². The first kappa shape index (κ1) is 15.1. The van der Waals surface area contributed by atoms with Gasteiger partial charge in [-0.25, -0.2) is 4.79 Å². The van der Waals surface area contributed by atoms with E-state index in [-0.39, 0.29) is 17.9 Å². The van der Waals surface area contributed by atoms with E-state index < -0.39 is 11.9 Å². The van der Waals surface area contributed by atoms with Crippen LogP contribution < -0.4 is 5.32 Å². The zero-order chi connectivity index (χ0) is 13.7. The summed E-state index contributed by atoms with van der Waals surface area (Å²) in [7, 11) is 0. The maximum Gasteiger partial charge on any atom is 0.397 e. The molecule has 1 N–H and O–H groups in total. The minimum Gasteiger partial charge on any atom is -0.459 e. The maximum atomic E-state index is 11.5. The first-order chi connectivity index (χ1) is 8.49. The first-order valence-electron chi connectivity index (χ1n) is 4.92. The van der Waals surface area contributed by atoms with Crippen molar-refractivity contribution in [1.29, 1.82) is 0 Å². The summed E-state index contributed by atoms with van der Waals surface area (Å²) in [5, 5.41) is 2.34. The van der Waals surface area contributed by atoms with Crippen LogP contribution in [-0.4, -0.2) is 24.8 Å². The van der Waals surface area contributed by atoms with E-state index in [1.807, 2.05) is 22.6 Å². The molecule has 96 valence electrons. The Bertz CT molecular complexity index is 504. The number of rotatable bonds is 3. The second-order valence-corrected chi connectivity index (χ2v) is 5.16. The lowest BCUT2D eigenvalue weighted by molar-refractivity contribution is -0.152. The van der Waals surface area contributed by atoms with E-state index in [1.165, 1.54) is 0 Å². The smallest absolute Gasteiger partial charge is 0.397 e. The number of halogens is 2. The fourth-order valence-corrected chi connectivity index (χ4v) is 1.97. The quantitative estimate of drug-likeness (QED) is 0.349. The number of benzene rings is 1. The maximum absolute atomic E-state index is 11.5. The number of hydrogen-bond donors (Lipinski definition) is 1. The molecule has 0 spiro atoms. The van der Waals surface area contributed by atoms with Crippen LogP contribution >= 0.6 is 38.5 Å². The molecule has 0 atom stereocenters. The van der Waals surface area contributed by atoms with E-state index in [0.29, 0.717) is 6.29 Å². The van der Waals surface area contributed by atoms with E-state index in [4.69, 9.17) is 0 Å². The number of esters is 1. The second-order valence-electron chi connectivity index (χ2n) is 3.15. The number of anilines is 1. The fraction of sp³-hybridized carbons (Fsp3) is 0.182. The molecule has 0 bridgehead atoms. The molecule has 1 amide bonds. The lowest BCUT2D eigenvalue weighted by atomic mass is 10.2. The number of carbonyl (C=O) groups excluding carboxylic acids is 3. The molecule has 0 fully saturated rings. The van der Waals surface area contributed by atoms with Crippen LogP contribution in [0.5, 0.6) is 0 Å². The molecule has 7 heteroatoms. The van der Waals surface area contributed by atoms with Gasteiger partial charge in [-0.3, -0.25) is 9.59 Å². The van der Waals surface area contributed by atoms with Crippen LogP contribution in [0.2, 0.25) is 0 Å². The van der Waals surface area contributed by atoms with E-state index in [2.05, 4.69) is 26.0 Å². The summed E-state index contributed by atoms with van der Waals surface area (Å²) in [6.07, 6.45) is 0.599. The average molecular weight is 426 g/mol. The molecule has 1 rings (SSSR count). The van der Waals surface area contributed by atoms with Gasteiger partial charge in [0.15, 0.2) is 6.29 Å². The lowest BCUT2D eigenvalue weighted by Crippen LogP contribution is -2.25. The van der Waals surface area contributed by atoms with Crippen molar-refractivity contribution in [2.24, 2.45) is 0 Å². The summed E-state index contributed by atoms with van der Waals surface area (Å²) in [4.78, 5) is 33.5. The van der Waals surface area contributed by atoms with Gasteiger partial charge in [0.25, 0.3) is 0 Å². The second kappa shape index (κ2) is 6.83. The van der Waals surface area contributed by atoms with E-state index >= 15 is 0 Å². The standard InChI is InChI=1S/C11H9BrINO4/c1-2-18-11(17)10(16)14-9-4-8(13)7(12)3-6(9)5-15/h3-5H,2H2,1H3,(H,14,16). The minimum atomic E-state index is -0.979. The van der Waals surface area contributed by atoms with Crippen molar-refractivity contribution >= 4 is 62.4 Å². The summed E-state index contributed by atoms with van der Waals surface area (Å²) < 4.78 is 6.09. The van der Waals surface area contributed by atoms with E-state index in [0.717, 1.165) is 8.04 Å². The number of nitrogens with one attached hydrogen (secondary N) is 1. The Hall–Kier alpha value is -0.960. The SMILES string of the molecule is CCOC(=O)C(=O)Nc1cc(I)c(Br)cc1C=O. The normalized spacial score (nSPS) is 9.72. The molecule has 0 saturated heterocycles. The zero-order valence-corrected chi connectivity index (χ0v) is 13.1. The van der Waals surface area contributed by atoms with Crippen molar-refractivity contribution in [2.45, 2.75) is 6.92 Å². The van der Waals surface area contributed by atoms with Gasteiger partial charge in [0.05, 0.1) is 12.3 Å². The highest BCUT2D eigenvalue weighted by Gasteiger charge is 2.17. The Morgan fingerprint density at radius 2 is 2.17 bits per heavy atom. The molecule has 0 saturated carbocycles. The third-order valence-corrected chi connectivity index (χ3v) is 4.22. The largest absolute Gasteiger partial charge is 0.459 e. The minimum absolute atomic E-state index is 0.116. The number of ether oxygens (including phenoxy) is 1. The molecule has 0 radical (unpaired) electrons. The molecule has 0 aromatic heterocycles. The van der Waals surface area contributed by atoms with Crippen LogP contribution in [-0.2, 0) is 14.3 Å². The van der Waals surface area contributed by atoms with Crippen LogP contribution in [0.4, 0.5) is 5.69 Å². The molecule has 1 aromatic carbocycles. The van der Waals surface area contributed by atoms with Gasteiger partial charge < -0.3 is 10.1 Å². The molecule has 0 heterocycles. The van der Waals surface area contributed by atoms with Gasteiger partial charge in [-0.05, 0) is 57.6 Å². The fourth-order valence-electron chi connectivity index (χ4n) is 1.14. The van der Waals surface area contributed by atoms with Crippen LogP contribution in [0.15, 0.2) is 16.6 Å². The van der Waals surface area contributed by atoms with E-state index in [1.54, 1.807) is 19.1 Å². The molecule has 0 aliphatic rings. The number of hydrogen-bond acceptors (Lipinski definition) is 4. The van der Waals surface area contributed by atoms with Crippen LogP contribution in [0.25, 0.3) is 0 Å². The lowest BCUT2D eigenvalue weighted by Gasteiger charge is -2.08. The predicted molar refractivity (Wildman–Crippen MR) is 77.5 cm³/mol. The number of aldehydes is 1. The number of carbonyl (C=O) groups is 3. The van der Waals surface area contributed by atoms with Gasteiger partial charge in [-0.2, -0.15) is 0 Å². The molecule has 5 nitrogen and oxygen atoms in total. The third kappa shape index (κ3) is 3.77. The third-order valence-electron chi connectivity index (χ3n) is 1.93. The molecule has 0 aliphatic carbocycles. The van der Waals surface area contributed by atoms with Gasteiger partial charge in [-0.15, -0.1) is 0 Å². The first-order valence-corrected chi connectivity index (χ1v) is 6.79. The highest BCUT2D eigenvalue weighted by atomic mass is 127. The molecule has 0 aliphatic heterocycles. The molecule has 0 unspecified atom stereocenters. The Balaban J connectivity index is 2.97. The highest BCUT2D eigenvalue weighted by Crippen LogP contribution is 2.26. The summed E-state index contributed by atoms with van der Waals surface area (Å²) in [6, 6.07) is 3.15. The van der Waals surface area contributed by atoms with Crippen molar-refractivity contribution < 1.29 is 19.1 Å². The molecular formula is C11H9BrINO4. The summed E-state index contributed by atoms with van der Waals surface area (Å²) in [5.74, 6) is -1.88. The Labute approximate surface area is 126 Å². The van der Waals surface area contributed by atoms with Gasteiger partial charge >= 0.3 is 11.9 Å². The average Bonchev–Trinajstić information content (AvgIpc) is 2.33. The Kier molecular flexibility index (Phi) is 5.73. The summed E-state index contributed by atoms with van der Waals surface area (Å²) in [5.41, 5.74) is 0.551. The monoisotopic (exact) mass is 425 g/mol. The Morgan fingerprint density at radius 3 is 2.72 bits per heavy atom. The van der Waals surface area contributed by atoms with Crippen molar-refractivity contribution in [3.63, 3.8) is 0 Å². The van der Waals surface area contributed by atoms with Crippen LogP contribution in [0.1, 0.15) is 17.3 Å². The van der Waals surface area contributed by atoms with Crippen molar-refractivity contribution in [3.8, 4) is 0 Å². The predicted octanol–water partition coefficient (Wildman–Crippen LogP) is 2.37. The van der Waals surface area contributed by atoms with Crippen LogP contribution in [0.3, 0.4) is 0 Å². The van der Waals surface area contributed by atoms with Gasteiger partial charge in [-0.1, -0.05) is 0 Å². The Morgan fingerprint density at radius 1 is 1.50 bits per heavy atom. The number of amides is 1. The highest BCUT2D eigenvalue weighted by molar-refractivity contribution is 14.1. The summed E-state index contributed by atoms with van der Waals surface area (Å²) >= 11 is 5.30. The van der Waals surface area contributed by atoms with E-state index in [9.17, 15) is 14.4 Å². The van der Waals surface area contributed by atoms with Crippen molar-refractivity contribution in [3.05, 3.63) is 25.7 Å².